The molecule has 2 heterocycles. The third-order valence-electron chi connectivity index (χ3n) is 5.57. The number of morpholine rings is 1. The minimum atomic E-state index is 0.0266. The summed E-state index contributed by atoms with van der Waals surface area (Å²) in [7, 11) is 0. The molecule has 5 nitrogen and oxygen atoms in total. The van der Waals surface area contributed by atoms with Gasteiger partial charge in [-0.2, -0.15) is 0 Å². The first kappa shape index (κ1) is 19.8. The quantitative estimate of drug-likeness (QED) is 0.682. The van der Waals surface area contributed by atoms with Crippen LogP contribution in [0.5, 0.6) is 0 Å². The summed E-state index contributed by atoms with van der Waals surface area (Å²) in [4.78, 5) is 20.5. The Kier molecular flexibility index (Phi) is 5.52. The number of para-hydroxylation sites is 1. The highest BCUT2D eigenvalue weighted by Gasteiger charge is 2.17. The fourth-order valence-electron chi connectivity index (χ4n) is 3.75. The highest BCUT2D eigenvalue weighted by molar-refractivity contribution is 5.77. The lowest BCUT2D eigenvalue weighted by molar-refractivity contribution is 0.0325. The molecule has 0 atom stereocenters. The zero-order valence-electron chi connectivity index (χ0n) is 17.5. The van der Waals surface area contributed by atoms with Crippen LogP contribution >= 0.6 is 0 Å². The predicted molar refractivity (Wildman–Crippen MR) is 116 cm³/mol. The van der Waals surface area contributed by atoms with Crippen molar-refractivity contribution >= 4 is 10.9 Å². The summed E-state index contributed by atoms with van der Waals surface area (Å²) in [5, 5.41) is 0.671. The lowest BCUT2D eigenvalue weighted by atomic mass is 9.87. The fourth-order valence-corrected chi connectivity index (χ4v) is 3.75. The van der Waals surface area contributed by atoms with Crippen LogP contribution in [0, 0.1) is 0 Å². The van der Waals surface area contributed by atoms with Crippen LogP contribution in [0.3, 0.4) is 0 Å². The molecule has 1 aromatic heterocycles. The van der Waals surface area contributed by atoms with Crippen LogP contribution in [-0.4, -0.2) is 40.8 Å². The van der Waals surface area contributed by atoms with Gasteiger partial charge < -0.3 is 4.74 Å². The molecule has 4 rings (SSSR count). The summed E-state index contributed by atoms with van der Waals surface area (Å²) in [6.45, 7) is 11.0. The van der Waals surface area contributed by atoms with Crippen LogP contribution in [0.25, 0.3) is 10.9 Å². The maximum Gasteiger partial charge on any atom is 0.261 e. The highest BCUT2D eigenvalue weighted by atomic mass is 16.5. The Morgan fingerprint density at radius 1 is 0.966 bits per heavy atom. The predicted octanol–water partition coefficient (Wildman–Crippen LogP) is 3.57. The maximum absolute atomic E-state index is 13.3. The molecule has 0 spiro atoms. The molecule has 0 aliphatic carbocycles. The number of nitrogens with zero attached hydrogens (tertiary/aromatic N) is 3. The molecule has 1 aliphatic rings. The normalized spacial score (nSPS) is 15.7. The van der Waals surface area contributed by atoms with Crippen LogP contribution in [0.1, 0.15) is 37.7 Å². The summed E-state index contributed by atoms with van der Waals surface area (Å²) in [6.07, 6.45) is 0. The van der Waals surface area contributed by atoms with Crippen molar-refractivity contribution in [1.29, 1.82) is 0 Å². The van der Waals surface area contributed by atoms with E-state index in [0.717, 1.165) is 43.2 Å². The summed E-state index contributed by atoms with van der Waals surface area (Å²) < 4.78 is 7.30. The number of rotatable bonds is 4. The van der Waals surface area contributed by atoms with Crippen molar-refractivity contribution in [3.8, 4) is 0 Å². The van der Waals surface area contributed by atoms with Crippen molar-refractivity contribution in [2.75, 3.05) is 26.3 Å². The van der Waals surface area contributed by atoms with E-state index < -0.39 is 0 Å². The van der Waals surface area contributed by atoms with Gasteiger partial charge in [0.05, 0.1) is 37.2 Å². The summed E-state index contributed by atoms with van der Waals surface area (Å²) in [5.41, 5.74) is 3.31. The van der Waals surface area contributed by atoms with Crippen LogP contribution in [0.15, 0.2) is 53.3 Å². The van der Waals surface area contributed by atoms with Crippen LogP contribution in [0.4, 0.5) is 0 Å². The molecule has 0 saturated carbocycles. The van der Waals surface area contributed by atoms with Crippen molar-refractivity contribution in [3.05, 3.63) is 75.8 Å². The lowest BCUT2D eigenvalue weighted by Gasteiger charge is -2.27. The molecule has 0 N–H and O–H groups in total. The van der Waals surface area contributed by atoms with Crippen LogP contribution in [0.2, 0.25) is 0 Å². The second-order valence-electron chi connectivity index (χ2n) is 8.77. The summed E-state index contributed by atoms with van der Waals surface area (Å²) in [5.74, 6) is 0.815. The number of fused-ring (bicyclic) bond motifs is 1. The highest BCUT2D eigenvalue weighted by Crippen LogP contribution is 2.22. The van der Waals surface area contributed by atoms with Gasteiger partial charge in [0.15, 0.2) is 0 Å². The van der Waals surface area contributed by atoms with E-state index in [0.29, 0.717) is 18.5 Å². The first-order chi connectivity index (χ1) is 13.9. The summed E-state index contributed by atoms with van der Waals surface area (Å²) >= 11 is 0. The first-order valence-electron chi connectivity index (χ1n) is 10.3. The molecule has 1 aliphatic heterocycles. The molecule has 0 radical (unpaired) electrons. The Morgan fingerprint density at radius 3 is 2.34 bits per heavy atom. The van der Waals surface area contributed by atoms with E-state index in [-0.39, 0.29) is 11.0 Å². The monoisotopic (exact) mass is 391 g/mol. The van der Waals surface area contributed by atoms with Crippen LogP contribution < -0.4 is 5.56 Å². The van der Waals surface area contributed by atoms with E-state index in [2.05, 4.69) is 49.9 Å². The largest absolute Gasteiger partial charge is 0.379 e. The molecule has 0 amide bonds. The Morgan fingerprint density at radius 2 is 1.66 bits per heavy atom. The topological polar surface area (TPSA) is 47.4 Å². The molecule has 1 fully saturated rings. The molecule has 0 bridgehead atoms. The number of ether oxygens (including phenoxy) is 1. The lowest BCUT2D eigenvalue weighted by Crippen LogP contribution is -2.38. The van der Waals surface area contributed by atoms with Gasteiger partial charge in [-0.15, -0.1) is 0 Å². The molecule has 1 saturated heterocycles. The van der Waals surface area contributed by atoms with E-state index >= 15 is 0 Å². The van der Waals surface area contributed by atoms with Crippen molar-refractivity contribution < 1.29 is 4.74 Å². The molecule has 5 heteroatoms. The van der Waals surface area contributed by atoms with Crippen molar-refractivity contribution in [3.63, 3.8) is 0 Å². The van der Waals surface area contributed by atoms with Gasteiger partial charge in [-0.25, -0.2) is 4.98 Å². The van der Waals surface area contributed by atoms with Gasteiger partial charge in [0.2, 0.25) is 0 Å². The van der Waals surface area contributed by atoms with Gasteiger partial charge in [-0.05, 0) is 28.7 Å². The summed E-state index contributed by atoms with van der Waals surface area (Å²) in [6, 6.07) is 16.2. The number of hydrogen-bond donors (Lipinski definition) is 0. The zero-order chi connectivity index (χ0) is 20.4. The zero-order valence-corrected chi connectivity index (χ0v) is 17.5. The maximum atomic E-state index is 13.3. The Hall–Kier alpha value is -2.50. The second-order valence-corrected chi connectivity index (χ2v) is 8.77. The van der Waals surface area contributed by atoms with Gasteiger partial charge in [0.1, 0.15) is 5.82 Å². The Labute approximate surface area is 171 Å². The molecule has 0 unspecified atom stereocenters. The molecular weight excluding hydrogens is 362 g/mol. The minimum Gasteiger partial charge on any atom is -0.379 e. The molecule has 3 aromatic rings. The van der Waals surface area contributed by atoms with Crippen LogP contribution in [-0.2, 0) is 23.2 Å². The first-order valence-corrected chi connectivity index (χ1v) is 10.3. The number of hydrogen-bond acceptors (Lipinski definition) is 4. The Bertz CT molecular complexity index is 1040. The third kappa shape index (κ3) is 4.41. The van der Waals surface area contributed by atoms with Gasteiger partial charge in [-0.3, -0.25) is 14.3 Å². The van der Waals surface area contributed by atoms with Crippen molar-refractivity contribution in [2.24, 2.45) is 0 Å². The average Bonchev–Trinajstić information content (AvgIpc) is 2.71. The average molecular weight is 392 g/mol. The number of aromatic nitrogens is 2. The van der Waals surface area contributed by atoms with E-state index in [1.165, 1.54) is 5.56 Å². The van der Waals surface area contributed by atoms with E-state index in [1.807, 2.05) is 28.8 Å². The van der Waals surface area contributed by atoms with Gasteiger partial charge >= 0.3 is 0 Å². The SMILES string of the molecule is CC(C)(C)c1ccc(Cn2c(CN3CCOCC3)nc3ccccc3c2=O)cc1. The molecular formula is C24H29N3O2. The standard InChI is InChI=1S/C24H29N3O2/c1-24(2,3)19-10-8-18(9-11-19)16-27-22(17-26-12-14-29-15-13-26)25-21-7-5-4-6-20(21)23(27)28/h4-11H,12-17H2,1-3H3. The van der Waals surface area contributed by atoms with E-state index in [4.69, 9.17) is 9.72 Å². The second kappa shape index (κ2) is 8.09. The minimum absolute atomic E-state index is 0.0266. The molecule has 152 valence electrons. The van der Waals surface area contributed by atoms with Crippen molar-refractivity contribution in [2.45, 2.75) is 39.3 Å². The van der Waals surface area contributed by atoms with Gasteiger partial charge in [0.25, 0.3) is 5.56 Å². The fraction of sp³-hybridized carbons (Fsp3) is 0.417. The van der Waals surface area contributed by atoms with Gasteiger partial charge in [-0.1, -0.05) is 57.2 Å². The van der Waals surface area contributed by atoms with E-state index in [9.17, 15) is 4.79 Å². The molecule has 29 heavy (non-hydrogen) atoms. The molecule has 2 aromatic carbocycles. The van der Waals surface area contributed by atoms with E-state index in [1.54, 1.807) is 0 Å². The number of benzene rings is 2. The Balaban J connectivity index is 1.71. The van der Waals surface area contributed by atoms with Crippen molar-refractivity contribution in [1.82, 2.24) is 14.5 Å². The van der Waals surface area contributed by atoms with Gasteiger partial charge in [0, 0.05) is 13.1 Å². The third-order valence-corrected chi connectivity index (χ3v) is 5.57. The smallest absolute Gasteiger partial charge is 0.261 e.